The van der Waals surface area contributed by atoms with Gasteiger partial charge in [-0.1, -0.05) is 52.0 Å². The summed E-state index contributed by atoms with van der Waals surface area (Å²) in [5.74, 6) is 0. The summed E-state index contributed by atoms with van der Waals surface area (Å²) in [6.45, 7) is 14.3. The summed E-state index contributed by atoms with van der Waals surface area (Å²) < 4.78 is 0. The molecule has 0 unspecified atom stereocenters. The molecule has 0 atom stereocenters. The fourth-order valence-corrected chi connectivity index (χ4v) is 1.49. The van der Waals surface area contributed by atoms with E-state index in [2.05, 4.69) is 43.2 Å². The lowest BCUT2D eigenvalue weighted by Gasteiger charge is -2.01. The van der Waals surface area contributed by atoms with Gasteiger partial charge in [0.1, 0.15) is 0 Å². The smallest absolute Gasteiger partial charge is 0.0237 e. The molecule has 1 fully saturated rings. The van der Waals surface area contributed by atoms with Crippen molar-refractivity contribution in [3.05, 3.63) is 35.5 Å². The second-order valence-corrected chi connectivity index (χ2v) is 3.20. The van der Waals surface area contributed by atoms with Crippen molar-refractivity contribution >= 4 is 0 Å². The van der Waals surface area contributed by atoms with Gasteiger partial charge in [-0.25, -0.2) is 0 Å². The van der Waals surface area contributed by atoms with Crippen LogP contribution in [0.25, 0.3) is 0 Å². The van der Waals surface area contributed by atoms with E-state index in [4.69, 9.17) is 0 Å². The van der Waals surface area contributed by atoms with Crippen molar-refractivity contribution in [3.8, 4) is 0 Å². The molecule has 1 aliphatic rings. The Hall–Kier alpha value is -0.820. The van der Waals surface area contributed by atoms with E-state index in [9.17, 15) is 0 Å². The number of hydrogen-bond donors (Lipinski definition) is 0. The van der Waals surface area contributed by atoms with Gasteiger partial charge in [0.15, 0.2) is 0 Å². The molecular formula is C15H29N. The van der Waals surface area contributed by atoms with E-state index in [-0.39, 0.29) is 0 Å². The molecule has 0 aliphatic carbocycles. The second kappa shape index (κ2) is 12.3. The molecule has 0 spiro atoms. The first kappa shape index (κ1) is 17.6. The highest BCUT2D eigenvalue weighted by atomic mass is 15.1. The molecule has 1 rings (SSSR count). The molecule has 1 heteroatoms. The number of hydrogen-bond acceptors (Lipinski definition) is 1. The minimum Gasteiger partial charge on any atom is -0.298 e. The molecule has 0 aromatic carbocycles. The molecular weight excluding hydrogens is 194 g/mol. The van der Waals surface area contributed by atoms with Crippen LogP contribution in [0, 0.1) is 0 Å². The van der Waals surface area contributed by atoms with Crippen LogP contribution in [0.5, 0.6) is 0 Å². The Morgan fingerprint density at radius 2 is 1.44 bits per heavy atom. The molecule has 94 valence electrons. The van der Waals surface area contributed by atoms with E-state index in [1.807, 2.05) is 34.6 Å². The number of nitrogens with zero attached hydrogens (tertiary/aromatic N) is 1. The first-order chi connectivity index (χ1) is 7.77. The van der Waals surface area contributed by atoms with Crippen LogP contribution in [-0.4, -0.2) is 25.0 Å². The van der Waals surface area contributed by atoms with Crippen molar-refractivity contribution < 1.29 is 0 Å². The zero-order chi connectivity index (χ0) is 13.0. The molecule has 0 N–H and O–H groups in total. The number of likely N-dealkylation sites (tertiary alicyclic amines) is 1. The highest BCUT2D eigenvalue weighted by molar-refractivity contribution is 5.39. The van der Waals surface area contributed by atoms with Crippen LogP contribution in [0.3, 0.4) is 0 Å². The Morgan fingerprint density at radius 1 is 0.938 bits per heavy atom. The molecule has 0 amide bonds. The van der Waals surface area contributed by atoms with Crippen molar-refractivity contribution in [2.45, 2.75) is 41.5 Å². The van der Waals surface area contributed by atoms with Gasteiger partial charge >= 0.3 is 0 Å². The van der Waals surface area contributed by atoms with Gasteiger partial charge in [-0.3, -0.25) is 4.90 Å². The van der Waals surface area contributed by atoms with Crippen molar-refractivity contribution in [2.24, 2.45) is 0 Å². The third-order valence-corrected chi connectivity index (χ3v) is 2.13. The van der Waals surface area contributed by atoms with Crippen molar-refractivity contribution in [3.63, 3.8) is 0 Å². The highest BCUT2D eigenvalue weighted by Gasteiger charge is 2.16. The highest BCUT2D eigenvalue weighted by Crippen LogP contribution is 2.19. The van der Waals surface area contributed by atoms with Gasteiger partial charge in [0.05, 0.1) is 0 Å². The zero-order valence-corrected chi connectivity index (χ0v) is 12.2. The minimum atomic E-state index is 1.09. The van der Waals surface area contributed by atoms with Crippen molar-refractivity contribution in [1.82, 2.24) is 4.90 Å². The van der Waals surface area contributed by atoms with Crippen LogP contribution in [0.2, 0.25) is 0 Å². The standard InChI is InChI=1S/C11H17N.2C2H6/c1-4-6-7-11-9-12(3)8-10(11)5-2;2*1-2/h4-7H,8-9H2,1-3H3;2*1-2H3/b6-4-,10-5-,11-7-;;. The first-order valence-corrected chi connectivity index (χ1v) is 6.44. The Labute approximate surface area is 103 Å². The summed E-state index contributed by atoms with van der Waals surface area (Å²) in [6.07, 6.45) is 8.59. The van der Waals surface area contributed by atoms with Crippen LogP contribution >= 0.6 is 0 Å². The molecule has 16 heavy (non-hydrogen) atoms. The third-order valence-electron chi connectivity index (χ3n) is 2.13. The van der Waals surface area contributed by atoms with E-state index in [0.717, 1.165) is 13.1 Å². The van der Waals surface area contributed by atoms with E-state index in [1.54, 1.807) is 0 Å². The molecule has 1 nitrogen and oxygen atoms in total. The molecule has 0 aromatic heterocycles. The quantitative estimate of drug-likeness (QED) is 0.635. The molecule has 0 bridgehead atoms. The largest absolute Gasteiger partial charge is 0.298 e. The summed E-state index contributed by atoms with van der Waals surface area (Å²) in [5, 5.41) is 0. The Bertz CT molecular complexity index is 234. The normalized spacial score (nSPS) is 20.7. The minimum absolute atomic E-state index is 1.09. The second-order valence-electron chi connectivity index (χ2n) is 3.20. The van der Waals surface area contributed by atoms with Gasteiger partial charge in [0, 0.05) is 13.1 Å². The van der Waals surface area contributed by atoms with Crippen LogP contribution in [0.4, 0.5) is 0 Å². The van der Waals surface area contributed by atoms with E-state index >= 15 is 0 Å². The summed E-state index contributed by atoms with van der Waals surface area (Å²) in [5.41, 5.74) is 2.92. The lowest BCUT2D eigenvalue weighted by molar-refractivity contribution is 0.437. The number of likely N-dealkylation sites (N-methyl/N-ethyl adjacent to an activating group) is 1. The number of allylic oxidation sites excluding steroid dienone is 4. The van der Waals surface area contributed by atoms with E-state index < -0.39 is 0 Å². The fraction of sp³-hybridized carbons (Fsp3) is 0.600. The Balaban J connectivity index is 0. The van der Waals surface area contributed by atoms with Crippen molar-refractivity contribution in [2.75, 3.05) is 20.1 Å². The Morgan fingerprint density at radius 3 is 1.88 bits per heavy atom. The summed E-state index contributed by atoms with van der Waals surface area (Å²) >= 11 is 0. The van der Waals surface area contributed by atoms with E-state index in [0.29, 0.717) is 0 Å². The van der Waals surface area contributed by atoms with Gasteiger partial charge in [-0.2, -0.15) is 0 Å². The molecule has 0 radical (unpaired) electrons. The van der Waals surface area contributed by atoms with E-state index in [1.165, 1.54) is 11.1 Å². The van der Waals surface area contributed by atoms with Gasteiger partial charge in [0.2, 0.25) is 0 Å². The Kier molecular flexibility index (Phi) is 13.5. The SMILES string of the molecule is CC.CC.C\C=C/C=C1/CN(C)C/C1=C/C. The van der Waals surface area contributed by atoms with Crippen LogP contribution in [0.1, 0.15) is 41.5 Å². The third kappa shape index (κ3) is 6.62. The van der Waals surface area contributed by atoms with Gasteiger partial charge in [-0.15, -0.1) is 0 Å². The average Bonchev–Trinajstić information content (AvgIpc) is 2.72. The summed E-state index contributed by atoms with van der Waals surface area (Å²) in [4.78, 5) is 2.32. The van der Waals surface area contributed by atoms with Crippen LogP contribution in [-0.2, 0) is 0 Å². The van der Waals surface area contributed by atoms with Gasteiger partial charge < -0.3 is 0 Å². The molecule has 1 saturated heterocycles. The maximum absolute atomic E-state index is 2.32. The first-order valence-electron chi connectivity index (χ1n) is 6.44. The molecule has 0 aromatic rings. The monoisotopic (exact) mass is 223 g/mol. The van der Waals surface area contributed by atoms with Crippen LogP contribution < -0.4 is 0 Å². The predicted molar refractivity (Wildman–Crippen MR) is 76.8 cm³/mol. The van der Waals surface area contributed by atoms with Crippen LogP contribution in [0.15, 0.2) is 35.5 Å². The topological polar surface area (TPSA) is 3.24 Å². The molecule has 1 aliphatic heterocycles. The maximum atomic E-state index is 2.32. The van der Waals surface area contributed by atoms with Gasteiger partial charge in [-0.05, 0) is 32.0 Å². The lowest BCUT2D eigenvalue weighted by atomic mass is 10.1. The molecule has 1 heterocycles. The maximum Gasteiger partial charge on any atom is 0.0237 e. The predicted octanol–water partition coefficient (Wildman–Crippen LogP) is 4.43. The van der Waals surface area contributed by atoms with Gasteiger partial charge in [0.25, 0.3) is 0 Å². The summed E-state index contributed by atoms with van der Waals surface area (Å²) in [7, 11) is 2.15. The lowest BCUT2D eigenvalue weighted by Crippen LogP contribution is -2.11. The molecule has 0 saturated carbocycles. The van der Waals surface area contributed by atoms with Crippen molar-refractivity contribution in [1.29, 1.82) is 0 Å². The fourth-order valence-electron chi connectivity index (χ4n) is 1.49. The zero-order valence-electron chi connectivity index (χ0n) is 12.2. The average molecular weight is 223 g/mol. The number of rotatable bonds is 1. The summed E-state index contributed by atoms with van der Waals surface area (Å²) in [6, 6.07) is 0.